The molecule has 0 aliphatic carbocycles. The van der Waals surface area contributed by atoms with Gasteiger partial charge in [-0.25, -0.2) is 4.98 Å². The Morgan fingerprint density at radius 1 is 1.47 bits per heavy atom. The number of hydrogen-bond donors (Lipinski definition) is 1. The molecule has 6 nitrogen and oxygen atoms in total. The average molecular weight is 207 g/mol. The normalized spacial score (nSPS) is 10.8. The predicted molar refractivity (Wildman–Crippen MR) is 52.8 cm³/mol. The maximum absolute atomic E-state index is 4.95. The summed E-state index contributed by atoms with van der Waals surface area (Å²) in [4.78, 5) is 4.10. The molecule has 0 aromatic carbocycles. The topological polar surface area (TPSA) is 68.8 Å². The molecule has 80 valence electrons. The summed E-state index contributed by atoms with van der Waals surface area (Å²) in [6.45, 7) is 3.21. The molecule has 0 fully saturated rings. The quantitative estimate of drug-likeness (QED) is 0.786. The van der Waals surface area contributed by atoms with Crippen molar-refractivity contribution in [2.75, 3.05) is 0 Å². The van der Waals surface area contributed by atoms with Gasteiger partial charge in [-0.3, -0.25) is 4.68 Å². The van der Waals surface area contributed by atoms with E-state index in [4.69, 9.17) is 4.52 Å². The van der Waals surface area contributed by atoms with Crippen LogP contribution in [0.5, 0.6) is 0 Å². The molecule has 2 rings (SSSR count). The number of rotatable bonds is 4. The fourth-order valence-electron chi connectivity index (χ4n) is 1.28. The molecule has 2 aromatic heterocycles. The highest BCUT2D eigenvalue weighted by molar-refractivity contribution is 5.03. The van der Waals surface area contributed by atoms with Crippen molar-refractivity contribution in [3.8, 4) is 0 Å². The van der Waals surface area contributed by atoms with E-state index < -0.39 is 0 Å². The minimum Gasteiger partial charge on any atom is -0.361 e. The van der Waals surface area contributed by atoms with Crippen LogP contribution in [-0.2, 0) is 20.1 Å². The van der Waals surface area contributed by atoms with Gasteiger partial charge in [0.15, 0.2) is 0 Å². The van der Waals surface area contributed by atoms with Gasteiger partial charge < -0.3 is 9.84 Å². The van der Waals surface area contributed by atoms with Crippen molar-refractivity contribution in [1.29, 1.82) is 0 Å². The molecule has 0 saturated carbocycles. The zero-order valence-electron chi connectivity index (χ0n) is 8.77. The fraction of sp³-hybridized carbons (Fsp3) is 0.444. The molecule has 0 bridgehead atoms. The Labute approximate surface area is 87.3 Å². The second-order valence-corrected chi connectivity index (χ2v) is 3.33. The Morgan fingerprint density at radius 2 is 2.33 bits per heavy atom. The Balaban J connectivity index is 1.83. The molecular weight excluding hydrogens is 194 g/mol. The number of aromatic nitrogens is 4. The zero-order chi connectivity index (χ0) is 10.7. The lowest BCUT2D eigenvalue weighted by molar-refractivity contribution is 0.388. The van der Waals surface area contributed by atoms with Gasteiger partial charge in [-0.2, -0.15) is 5.10 Å². The van der Waals surface area contributed by atoms with Crippen LogP contribution in [0.25, 0.3) is 0 Å². The third-order valence-electron chi connectivity index (χ3n) is 2.07. The molecule has 15 heavy (non-hydrogen) atoms. The van der Waals surface area contributed by atoms with Crippen molar-refractivity contribution >= 4 is 0 Å². The summed E-state index contributed by atoms with van der Waals surface area (Å²) in [5.41, 5.74) is 0.898. The van der Waals surface area contributed by atoms with Crippen LogP contribution in [0.15, 0.2) is 16.9 Å². The molecule has 0 spiro atoms. The van der Waals surface area contributed by atoms with E-state index in [1.807, 2.05) is 20.0 Å². The Hall–Kier alpha value is -1.69. The monoisotopic (exact) mass is 207 g/mol. The van der Waals surface area contributed by atoms with E-state index >= 15 is 0 Å². The molecule has 2 heterocycles. The van der Waals surface area contributed by atoms with Crippen molar-refractivity contribution in [2.24, 2.45) is 7.05 Å². The first-order chi connectivity index (χ1) is 7.25. The summed E-state index contributed by atoms with van der Waals surface area (Å²) < 4.78 is 6.69. The standard InChI is InChI=1S/C9H13N5O/c1-7-3-8(13-15-7)4-10-5-9-11-6-12-14(9)2/h3,6,10H,4-5H2,1-2H3. The number of nitrogens with zero attached hydrogens (tertiary/aromatic N) is 4. The van der Waals surface area contributed by atoms with E-state index in [0.717, 1.165) is 17.3 Å². The maximum atomic E-state index is 4.95. The zero-order valence-corrected chi connectivity index (χ0v) is 8.77. The SMILES string of the molecule is Cc1cc(CNCc2ncnn2C)no1. The van der Waals surface area contributed by atoms with Gasteiger partial charge >= 0.3 is 0 Å². The van der Waals surface area contributed by atoms with Crippen molar-refractivity contribution in [1.82, 2.24) is 25.2 Å². The molecule has 0 unspecified atom stereocenters. The molecule has 0 aliphatic rings. The molecule has 0 aliphatic heterocycles. The highest BCUT2D eigenvalue weighted by Crippen LogP contribution is 2.01. The van der Waals surface area contributed by atoms with E-state index in [1.54, 1.807) is 4.68 Å². The minimum absolute atomic E-state index is 0.669. The van der Waals surface area contributed by atoms with Crippen LogP contribution >= 0.6 is 0 Å². The molecule has 6 heteroatoms. The van der Waals surface area contributed by atoms with Crippen molar-refractivity contribution in [3.63, 3.8) is 0 Å². The van der Waals surface area contributed by atoms with E-state index in [9.17, 15) is 0 Å². The molecule has 0 saturated heterocycles. The lowest BCUT2D eigenvalue weighted by Crippen LogP contribution is -2.16. The number of nitrogens with one attached hydrogen (secondary N) is 1. The summed E-state index contributed by atoms with van der Waals surface area (Å²) in [5.74, 6) is 1.72. The van der Waals surface area contributed by atoms with Gasteiger partial charge in [-0.05, 0) is 6.92 Å². The largest absolute Gasteiger partial charge is 0.361 e. The van der Waals surface area contributed by atoms with Crippen molar-refractivity contribution in [3.05, 3.63) is 29.7 Å². The first-order valence-corrected chi connectivity index (χ1v) is 4.71. The van der Waals surface area contributed by atoms with Crippen LogP contribution in [0.4, 0.5) is 0 Å². The van der Waals surface area contributed by atoms with Gasteiger partial charge in [0.25, 0.3) is 0 Å². The smallest absolute Gasteiger partial charge is 0.140 e. The molecular formula is C9H13N5O. The minimum atomic E-state index is 0.669. The Bertz CT molecular complexity index is 433. The van der Waals surface area contributed by atoms with Gasteiger partial charge in [0.1, 0.15) is 17.9 Å². The Morgan fingerprint density at radius 3 is 2.93 bits per heavy atom. The molecule has 0 amide bonds. The van der Waals surface area contributed by atoms with Gasteiger partial charge in [-0.1, -0.05) is 5.16 Å². The summed E-state index contributed by atoms with van der Waals surface area (Å²) >= 11 is 0. The first kappa shape index (κ1) is 9.85. The lowest BCUT2D eigenvalue weighted by atomic mass is 10.4. The number of aryl methyl sites for hydroxylation is 2. The van der Waals surface area contributed by atoms with Crippen molar-refractivity contribution in [2.45, 2.75) is 20.0 Å². The molecule has 0 radical (unpaired) electrons. The van der Waals surface area contributed by atoms with E-state index in [-0.39, 0.29) is 0 Å². The second-order valence-electron chi connectivity index (χ2n) is 3.33. The van der Waals surface area contributed by atoms with Gasteiger partial charge in [0, 0.05) is 19.7 Å². The lowest BCUT2D eigenvalue weighted by Gasteiger charge is -2.00. The molecule has 0 atom stereocenters. The van der Waals surface area contributed by atoms with Crippen LogP contribution in [-0.4, -0.2) is 19.9 Å². The first-order valence-electron chi connectivity index (χ1n) is 4.71. The predicted octanol–water partition coefficient (Wildman–Crippen LogP) is 0.401. The van der Waals surface area contributed by atoms with Crippen LogP contribution < -0.4 is 5.32 Å². The van der Waals surface area contributed by atoms with E-state index in [0.29, 0.717) is 13.1 Å². The highest BCUT2D eigenvalue weighted by atomic mass is 16.5. The second kappa shape index (κ2) is 4.22. The van der Waals surface area contributed by atoms with Crippen LogP contribution in [0.1, 0.15) is 17.3 Å². The Kier molecular flexibility index (Phi) is 2.77. The summed E-state index contributed by atoms with van der Waals surface area (Å²) in [6, 6.07) is 1.91. The molecule has 1 N–H and O–H groups in total. The average Bonchev–Trinajstić information content (AvgIpc) is 2.77. The van der Waals surface area contributed by atoms with Crippen LogP contribution in [0.2, 0.25) is 0 Å². The van der Waals surface area contributed by atoms with E-state index in [1.165, 1.54) is 6.33 Å². The van der Waals surface area contributed by atoms with Gasteiger partial charge in [0.05, 0.1) is 12.2 Å². The number of hydrogen-bond acceptors (Lipinski definition) is 5. The summed E-state index contributed by atoms with van der Waals surface area (Å²) in [5, 5.41) is 11.1. The third kappa shape index (κ3) is 2.41. The van der Waals surface area contributed by atoms with Crippen LogP contribution in [0.3, 0.4) is 0 Å². The molecule has 2 aromatic rings. The van der Waals surface area contributed by atoms with E-state index in [2.05, 4.69) is 20.6 Å². The third-order valence-corrected chi connectivity index (χ3v) is 2.07. The van der Waals surface area contributed by atoms with Crippen molar-refractivity contribution < 1.29 is 4.52 Å². The summed E-state index contributed by atoms with van der Waals surface area (Å²) in [7, 11) is 1.87. The van der Waals surface area contributed by atoms with Gasteiger partial charge in [0.2, 0.25) is 0 Å². The summed E-state index contributed by atoms with van der Waals surface area (Å²) in [6.07, 6.45) is 1.54. The van der Waals surface area contributed by atoms with Crippen LogP contribution in [0, 0.1) is 6.92 Å². The maximum Gasteiger partial charge on any atom is 0.140 e. The highest BCUT2D eigenvalue weighted by Gasteiger charge is 2.02. The fourth-order valence-corrected chi connectivity index (χ4v) is 1.28. The van der Waals surface area contributed by atoms with Gasteiger partial charge in [-0.15, -0.1) is 0 Å².